The van der Waals surface area contributed by atoms with E-state index in [9.17, 15) is 14.7 Å². The van der Waals surface area contributed by atoms with Crippen LogP contribution in [0.3, 0.4) is 0 Å². The Balaban J connectivity index is 1.68. The summed E-state index contributed by atoms with van der Waals surface area (Å²) in [6.07, 6.45) is 4.91. The highest BCUT2D eigenvalue weighted by atomic mass is 16.5. The first-order valence-electron chi connectivity index (χ1n) is 17.0. The van der Waals surface area contributed by atoms with Crippen molar-refractivity contribution in [1.82, 2.24) is 10.2 Å². The summed E-state index contributed by atoms with van der Waals surface area (Å²) in [4.78, 5) is 29.4. The maximum Gasteiger partial charge on any atom is 0.244 e. The van der Waals surface area contributed by atoms with E-state index in [2.05, 4.69) is 19.2 Å². The van der Waals surface area contributed by atoms with Gasteiger partial charge in [0.1, 0.15) is 18.1 Å². The normalized spacial score (nSPS) is 17.1. The second-order valence-electron chi connectivity index (χ2n) is 12.7. The van der Waals surface area contributed by atoms with Gasteiger partial charge in [-0.15, -0.1) is 0 Å². The van der Waals surface area contributed by atoms with Crippen molar-refractivity contribution < 1.29 is 24.2 Å². The highest BCUT2D eigenvalue weighted by Gasteiger charge is 2.50. The topological polar surface area (TPSA) is 114 Å². The van der Waals surface area contributed by atoms with Gasteiger partial charge in [0.25, 0.3) is 0 Å². The summed E-state index contributed by atoms with van der Waals surface area (Å²) in [6.45, 7) is 8.36. The Hall–Kier alpha value is -4.40. The van der Waals surface area contributed by atoms with Gasteiger partial charge in [-0.25, -0.2) is 0 Å². The molecule has 0 saturated heterocycles. The molecule has 3 aromatic carbocycles. The largest absolute Gasteiger partial charge is 0.497 e. The molecule has 0 bridgehead atoms. The fourth-order valence-electron chi connectivity index (χ4n) is 6.65. The van der Waals surface area contributed by atoms with Gasteiger partial charge in [0.15, 0.2) is 0 Å². The zero-order valence-electron chi connectivity index (χ0n) is 28.8. The summed E-state index contributed by atoms with van der Waals surface area (Å²) in [6, 6.07) is 25.6. The van der Waals surface area contributed by atoms with Crippen LogP contribution in [0.4, 0.5) is 0 Å². The van der Waals surface area contributed by atoms with Gasteiger partial charge in [0, 0.05) is 37.7 Å². The number of rotatable bonds is 18. The third-order valence-electron chi connectivity index (χ3n) is 8.93. The third kappa shape index (κ3) is 9.58. The summed E-state index contributed by atoms with van der Waals surface area (Å²) in [5, 5.41) is 15.5. The van der Waals surface area contributed by atoms with Crippen molar-refractivity contribution in [3.8, 4) is 11.5 Å². The minimum atomic E-state index is -1.19. The monoisotopic (exact) mass is 653 g/mol. The zero-order valence-corrected chi connectivity index (χ0v) is 28.8. The number of allylic oxidation sites excluding steroid dienone is 2. The van der Waals surface area contributed by atoms with Crippen LogP contribution < -0.4 is 20.5 Å². The number of hydrogen-bond acceptors (Lipinski definition) is 6. The molecule has 0 saturated carbocycles. The predicted octanol–water partition coefficient (Wildman–Crippen LogP) is 5.98. The Kier molecular flexibility index (Phi) is 13.4. The van der Waals surface area contributed by atoms with Crippen molar-refractivity contribution in [3.05, 3.63) is 119 Å². The lowest BCUT2D eigenvalue weighted by Gasteiger charge is -2.45. The first-order chi connectivity index (χ1) is 23.2. The van der Waals surface area contributed by atoms with Crippen LogP contribution in [0.25, 0.3) is 0 Å². The number of nitrogens with one attached hydrogen (secondary N) is 1. The van der Waals surface area contributed by atoms with E-state index < -0.39 is 23.3 Å². The van der Waals surface area contributed by atoms with Crippen LogP contribution in [0, 0.1) is 11.3 Å². The number of benzene rings is 3. The van der Waals surface area contributed by atoms with Gasteiger partial charge in [0.2, 0.25) is 11.8 Å². The van der Waals surface area contributed by atoms with E-state index in [1.54, 1.807) is 13.2 Å². The smallest absolute Gasteiger partial charge is 0.244 e. The molecule has 8 heteroatoms. The van der Waals surface area contributed by atoms with E-state index in [-0.39, 0.29) is 18.9 Å². The van der Waals surface area contributed by atoms with Gasteiger partial charge in [0.05, 0.1) is 18.6 Å². The Morgan fingerprint density at radius 1 is 0.938 bits per heavy atom. The molecule has 3 atom stereocenters. The quantitative estimate of drug-likeness (QED) is 0.156. The lowest BCUT2D eigenvalue weighted by Crippen LogP contribution is -2.54. The van der Waals surface area contributed by atoms with E-state index in [1.165, 1.54) is 0 Å². The molecule has 1 aliphatic carbocycles. The summed E-state index contributed by atoms with van der Waals surface area (Å²) in [5.74, 6) is 0.274. The number of ether oxygens (including phenoxy) is 2. The Bertz CT molecular complexity index is 1550. The highest BCUT2D eigenvalue weighted by molar-refractivity contribution is 5.96. The molecule has 0 heterocycles. The van der Waals surface area contributed by atoms with Crippen LogP contribution in [0.15, 0.2) is 102 Å². The van der Waals surface area contributed by atoms with Gasteiger partial charge in [-0.3, -0.25) is 9.59 Å². The average molecular weight is 654 g/mol. The lowest BCUT2D eigenvalue weighted by atomic mass is 9.63. The first kappa shape index (κ1) is 36.4. The second kappa shape index (κ2) is 17.7. The van der Waals surface area contributed by atoms with Crippen molar-refractivity contribution in [3.63, 3.8) is 0 Å². The summed E-state index contributed by atoms with van der Waals surface area (Å²) in [5.41, 5.74) is 8.89. The molecule has 4 rings (SSSR count). The van der Waals surface area contributed by atoms with Gasteiger partial charge >= 0.3 is 0 Å². The number of carbonyl (C=O) groups excluding carboxylic acids is 2. The van der Waals surface area contributed by atoms with Crippen molar-refractivity contribution >= 4 is 11.8 Å². The fraction of sp³-hybridized carbons (Fsp3) is 0.400. The van der Waals surface area contributed by atoms with Crippen LogP contribution in [0.1, 0.15) is 56.7 Å². The summed E-state index contributed by atoms with van der Waals surface area (Å²) >= 11 is 0. The Morgan fingerprint density at radius 2 is 1.62 bits per heavy atom. The molecule has 3 aromatic rings. The highest BCUT2D eigenvalue weighted by Crippen LogP contribution is 2.46. The number of methoxy groups -OCH3 is 1. The number of aliphatic hydroxyl groups is 1. The van der Waals surface area contributed by atoms with Crippen LogP contribution in [-0.4, -0.2) is 54.7 Å². The van der Waals surface area contributed by atoms with Crippen LogP contribution in [0.2, 0.25) is 0 Å². The molecule has 1 unspecified atom stereocenters. The molecule has 48 heavy (non-hydrogen) atoms. The Morgan fingerprint density at radius 3 is 2.27 bits per heavy atom. The molecule has 256 valence electrons. The molecule has 0 spiro atoms. The average Bonchev–Trinajstić information content (AvgIpc) is 3.10. The van der Waals surface area contributed by atoms with E-state index in [1.807, 2.05) is 96.8 Å². The van der Waals surface area contributed by atoms with E-state index in [0.717, 1.165) is 46.6 Å². The second-order valence-corrected chi connectivity index (χ2v) is 12.7. The summed E-state index contributed by atoms with van der Waals surface area (Å²) < 4.78 is 11.4. The number of nitrogens with two attached hydrogens (primary N) is 1. The maximum atomic E-state index is 14.8. The van der Waals surface area contributed by atoms with E-state index in [0.29, 0.717) is 38.2 Å². The summed E-state index contributed by atoms with van der Waals surface area (Å²) in [7, 11) is 1.63. The SMILES string of the molecule is CCCN(CCC)C(=O)C1([C@H](Cc2ccc(OCc3ccccc3)cc2)[C@@H](O)CNCc2cccc(OC)c2)C=C(C)C=C(C(N)=O)C1. The molecular weight excluding hydrogens is 602 g/mol. The molecule has 1 aliphatic rings. The number of carbonyl (C=O) groups is 2. The van der Waals surface area contributed by atoms with Crippen LogP contribution in [0.5, 0.6) is 11.5 Å². The number of hydrogen-bond donors (Lipinski definition) is 3. The first-order valence-corrected chi connectivity index (χ1v) is 17.0. The molecule has 8 nitrogen and oxygen atoms in total. The number of primary amides is 1. The minimum Gasteiger partial charge on any atom is -0.497 e. The van der Waals surface area contributed by atoms with Gasteiger partial charge in [-0.2, -0.15) is 0 Å². The Labute approximate surface area is 285 Å². The number of amides is 2. The van der Waals surface area contributed by atoms with E-state index in [4.69, 9.17) is 15.2 Å². The minimum absolute atomic E-state index is 0.0861. The maximum absolute atomic E-state index is 14.8. The lowest BCUT2D eigenvalue weighted by molar-refractivity contribution is -0.145. The van der Waals surface area contributed by atoms with Gasteiger partial charge in [-0.05, 0) is 73.6 Å². The molecule has 2 amide bonds. The molecule has 4 N–H and O–H groups in total. The van der Waals surface area contributed by atoms with Crippen LogP contribution in [-0.2, 0) is 29.2 Å². The molecule has 0 fully saturated rings. The molecule has 0 aliphatic heterocycles. The number of nitrogens with zero attached hydrogens (tertiary/aromatic N) is 1. The zero-order chi connectivity index (χ0) is 34.5. The van der Waals surface area contributed by atoms with Crippen molar-refractivity contribution in [2.75, 3.05) is 26.7 Å². The van der Waals surface area contributed by atoms with Crippen molar-refractivity contribution in [2.24, 2.45) is 17.1 Å². The van der Waals surface area contributed by atoms with Gasteiger partial charge < -0.3 is 30.5 Å². The van der Waals surface area contributed by atoms with Gasteiger partial charge in [-0.1, -0.05) is 86.2 Å². The van der Waals surface area contributed by atoms with Crippen LogP contribution >= 0.6 is 0 Å². The molecule has 0 radical (unpaired) electrons. The molecule has 0 aromatic heterocycles. The standard InChI is InChI=1S/C40H51N3O5/c1-5-19-43(20-6-2)39(46)40(24-29(3)21-33(25-40)38(41)45)36(37(44)27-42-26-32-13-10-14-35(22-32)47-4)23-30-15-17-34(18-16-30)48-28-31-11-8-7-9-12-31/h7-18,21-22,24,36-37,42,44H,5-6,19-20,23,25-28H2,1-4H3,(H2,41,45)/t36-,37+,40?/m1/s1. The molecular formula is C40H51N3O5. The van der Waals surface area contributed by atoms with E-state index >= 15 is 0 Å². The fourth-order valence-corrected chi connectivity index (χ4v) is 6.65. The van der Waals surface area contributed by atoms with Crippen molar-refractivity contribution in [2.45, 2.75) is 65.7 Å². The number of aliphatic hydroxyl groups excluding tert-OH is 1. The predicted molar refractivity (Wildman–Crippen MR) is 190 cm³/mol. The van der Waals surface area contributed by atoms with Crippen molar-refractivity contribution in [1.29, 1.82) is 0 Å². The third-order valence-corrected chi connectivity index (χ3v) is 8.93.